The van der Waals surface area contributed by atoms with Gasteiger partial charge in [0.05, 0.1) is 17.3 Å². The van der Waals surface area contributed by atoms with E-state index < -0.39 is 11.9 Å². The molecule has 0 radical (unpaired) electrons. The molecule has 0 aliphatic heterocycles. The second-order valence-electron chi connectivity index (χ2n) is 5.79. The van der Waals surface area contributed by atoms with Gasteiger partial charge in [0.2, 0.25) is 0 Å². The van der Waals surface area contributed by atoms with Crippen LogP contribution in [0.3, 0.4) is 0 Å². The van der Waals surface area contributed by atoms with Crippen LogP contribution in [0.2, 0.25) is 0 Å². The Morgan fingerprint density at radius 3 is 2.52 bits per heavy atom. The summed E-state index contributed by atoms with van der Waals surface area (Å²) in [5, 5.41) is 13.7. The number of aromatic nitrogens is 2. The molecule has 1 heterocycles. The normalized spacial score (nSPS) is 12.4. The smallest absolute Gasteiger partial charge is 0.306 e. The molecule has 1 aromatic carbocycles. The van der Waals surface area contributed by atoms with E-state index in [4.69, 9.17) is 5.11 Å². The molecule has 2 rings (SSSR count). The number of rotatable bonds is 4. The van der Waals surface area contributed by atoms with Gasteiger partial charge < -0.3 is 5.11 Å². The summed E-state index contributed by atoms with van der Waals surface area (Å²) in [6.45, 7) is 9.81. The quantitative estimate of drug-likeness (QED) is 0.937. The number of hydrogen-bond acceptors (Lipinski definition) is 2. The molecule has 1 atom stereocenters. The third kappa shape index (κ3) is 2.99. The lowest BCUT2D eigenvalue weighted by atomic mass is 10.00. The fourth-order valence-corrected chi connectivity index (χ4v) is 2.64. The summed E-state index contributed by atoms with van der Waals surface area (Å²) in [7, 11) is 0. The molecule has 1 N–H and O–H groups in total. The van der Waals surface area contributed by atoms with Crippen molar-refractivity contribution in [3.8, 4) is 5.69 Å². The SMILES string of the molecule is Cc1ccc(-n2nc(C)c(CC(C)C(=O)O)c2C)c(C)c1. The van der Waals surface area contributed by atoms with E-state index in [1.165, 1.54) is 11.1 Å². The molecule has 1 unspecified atom stereocenters. The lowest BCUT2D eigenvalue weighted by molar-refractivity contribution is -0.141. The largest absolute Gasteiger partial charge is 0.481 e. The first-order chi connectivity index (χ1) is 9.81. The first-order valence-corrected chi connectivity index (χ1v) is 7.16. The number of hydrogen-bond donors (Lipinski definition) is 1. The van der Waals surface area contributed by atoms with Crippen LogP contribution in [0, 0.1) is 33.6 Å². The van der Waals surface area contributed by atoms with E-state index in [-0.39, 0.29) is 0 Å². The lowest BCUT2D eigenvalue weighted by Crippen LogP contribution is -2.13. The molecule has 0 spiro atoms. The average Bonchev–Trinajstić information content (AvgIpc) is 2.66. The Labute approximate surface area is 125 Å². The van der Waals surface area contributed by atoms with Crippen LogP contribution in [-0.4, -0.2) is 20.9 Å². The Morgan fingerprint density at radius 2 is 1.95 bits per heavy atom. The fourth-order valence-electron chi connectivity index (χ4n) is 2.64. The van der Waals surface area contributed by atoms with Gasteiger partial charge in [0.25, 0.3) is 0 Å². The van der Waals surface area contributed by atoms with Crippen molar-refractivity contribution in [2.45, 2.75) is 41.0 Å². The van der Waals surface area contributed by atoms with E-state index in [0.717, 1.165) is 22.6 Å². The first kappa shape index (κ1) is 15.3. The van der Waals surface area contributed by atoms with Crippen LogP contribution >= 0.6 is 0 Å². The van der Waals surface area contributed by atoms with Crippen molar-refractivity contribution in [1.82, 2.24) is 9.78 Å². The molecule has 0 fully saturated rings. The minimum Gasteiger partial charge on any atom is -0.481 e. The highest BCUT2D eigenvalue weighted by atomic mass is 16.4. The minimum absolute atomic E-state index is 0.404. The van der Waals surface area contributed by atoms with Gasteiger partial charge in [-0.3, -0.25) is 4.79 Å². The van der Waals surface area contributed by atoms with Gasteiger partial charge in [0.1, 0.15) is 0 Å². The Balaban J connectivity index is 2.45. The molecule has 0 aliphatic carbocycles. The summed E-state index contributed by atoms with van der Waals surface area (Å²) in [4.78, 5) is 11.1. The highest BCUT2D eigenvalue weighted by molar-refractivity contribution is 5.70. The molecule has 0 amide bonds. The van der Waals surface area contributed by atoms with E-state index in [1.807, 2.05) is 18.5 Å². The van der Waals surface area contributed by atoms with Crippen molar-refractivity contribution in [2.75, 3.05) is 0 Å². The molecule has 21 heavy (non-hydrogen) atoms. The number of carboxylic acid groups (broad SMARTS) is 1. The topological polar surface area (TPSA) is 55.1 Å². The average molecular weight is 286 g/mol. The highest BCUT2D eigenvalue weighted by Crippen LogP contribution is 2.23. The van der Waals surface area contributed by atoms with Crippen molar-refractivity contribution < 1.29 is 9.90 Å². The standard InChI is InChI=1S/C17H22N2O2/c1-10-6-7-16(11(2)8-10)19-14(5)15(13(4)18-19)9-12(3)17(20)21/h6-8,12H,9H2,1-5H3,(H,20,21). The van der Waals surface area contributed by atoms with Crippen molar-refractivity contribution in [3.05, 3.63) is 46.3 Å². The number of aryl methyl sites for hydroxylation is 3. The van der Waals surface area contributed by atoms with E-state index in [0.29, 0.717) is 6.42 Å². The number of aliphatic carboxylic acids is 1. The Hall–Kier alpha value is -2.10. The van der Waals surface area contributed by atoms with Gasteiger partial charge in [-0.15, -0.1) is 0 Å². The zero-order valence-electron chi connectivity index (χ0n) is 13.3. The Bertz CT molecular complexity index is 686. The Morgan fingerprint density at radius 1 is 1.29 bits per heavy atom. The van der Waals surface area contributed by atoms with Crippen LogP contribution in [0.1, 0.15) is 35.0 Å². The predicted octanol–water partition coefficient (Wildman–Crippen LogP) is 3.37. The van der Waals surface area contributed by atoms with E-state index >= 15 is 0 Å². The van der Waals surface area contributed by atoms with Crippen LogP contribution in [0.5, 0.6) is 0 Å². The molecule has 0 saturated carbocycles. The maximum Gasteiger partial charge on any atom is 0.306 e. The summed E-state index contributed by atoms with van der Waals surface area (Å²) in [5.74, 6) is -1.17. The van der Waals surface area contributed by atoms with Gasteiger partial charge in [-0.05, 0) is 51.3 Å². The molecular formula is C17H22N2O2. The monoisotopic (exact) mass is 286 g/mol. The van der Waals surface area contributed by atoms with Crippen LogP contribution in [0.15, 0.2) is 18.2 Å². The van der Waals surface area contributed by atoms with E-state index in [1.54, 1.807) is 6.92 Å². The molecule has 4 heteroatoms. The van der Waals surface area contributed by atoms with Gasteiger partial charge >= 0.3 is 5.97 Å². The highest BCUT2D eigenvalue weighted by Gasteiger charge is 2.19. The fraction of sp³-hybridized carbons (Fsp3) is 0.412. The zero-order chi connectivity index (χ0) is 15.7. The third-order valence-electron chi connectivity index (χ3n) is 3.95. The second-order valence-corrected chi connectivity index (χ2v) is 5.79. The summed E-state index contributed by atoms with van der Waals surface area (Å²) in [6, 6.07) is 6.26. The molecule has 0 aliphatic rings. The second kappa shape index (κ2) is 5.72. The van der Waals surface area contributed by atoms with Gasteiger partial charge in [-0.1, -0.05) is 24.6 Å². The number of benzene rings is 1. The lowest BCUT2D eigenvalue weighted by Gasteiger charge is -2.10. The summed E-state index contributed by atoms with van der Waals surface area (Å²) < 4.78 is 1.92. The van der Waals surface area contributed by atoms with E-state index in [9.17, 15) is 4.79 Å². The van der Waals surface area contributed by atoms with Crippen LogP contribution in [-0.2, 0) is 11.2 Å². The van der Waals surface area contributed by atoms with Gasteiger partial charge in [-0.25, -0.2) is 4.68 Å². The first-order valence-electron chi connectivity index (χ1n) is 7.16. The Kier molecular flexibility index (Phi) is 4.16. The van der Waals surface area contributed by atoms with Crippen molar-refractivity contribution in [2.24, 2.45) is 5.92 Å². The molecule has 0 bridgehead atoms. The molecular weight excluding hydrogens is 264 g/mol. The van der Waals surface area contributed by atoms with Crippen molar-refractivity contribution in [1.29, 1.82) is 0 Å². The third-order valence-corrected chi connectivity index (χ3v) is 3.95. The van der Waals surface area contributed by atoms with Gasteiger partial charge in [-0.2, -0.15) is 5.10 Å². The van der Waals surface area contributed by atoms with Gasteiger partial charge in [0, 0.05) is 5.69 Å². The number of nitrogens with zero attached hydrogens (tertiary/aromatic N) is 2. The summed E-state index contributed by atoms with van der Waals surface area (Å²) in [5.41, 5.74) is 6.39. The maximum absolute atomic E-state index is 11.1. The maximum atomic E-state index is 11.1. The van der Waals surface area contributed by atoms with Gasteiger partial charge in [0.15, 0.2) is 0 Å². The summed E-state index contributed by atoms with van der Waals surface area (Å²) >= 11 is 0. The minimum atomic E-state index is -0.770. The van der Waals surface area contributed by atoms with Crippen LogP contribution in [0.25, 0.3) is 5.69 Å². The van der Waals surface area contributed by atoms with Crippen molar-refractivity contribution >= 4 is 5.97 Å². The molecule has 1 aromatic heterocycles. The van der Waals surface area contributed by atoms with Crippen LogP contribution in [0.4, 0.5) is 0 Å². The van der Waals surface area contributed by atoms with Crippen molar-refractivity contribution in [3.63, 3.8) is 0 Å². The van der Waals surface area contributed by atoms with E-state index in [2.05, 4.69) is 37.1 Å². The number of carboxylic acids is 1. The molecule has 2 aromatic rings. The molecule has 4 nitrogen and oxygen atoms in total. The summed E-state index contributed by atoms with van der Waals surface area (Å²) in [6.07, 6.45) is 0.512. The molecule has 112 valence electrons. The number of carbonyl (C=O) groups is 1. The zero-order valence-corrected chi connectivity index (χ0v) is 13.3. The molecule has 0 saturated heterocycles. The predicted molar refractivity (Wildman–Crippen MR) is 83.0 cm³/mol. The van der Waals surface area contributed by atoms with Crippen LogP contribution < -0.4 is 0 Å².